The lowest BCUT2D eigenvalue weighted by molar-refractivity contribution is 0.0582. The number of methoxy groups -OCH3 is 1. The van der Waals surface area contributed by atoms with Gasteiger partial charge in [-0.25, -0.2) is 9.48 Å². The maximum absolute atomic E-state index is 11.2. The summed E-state index contributed by atoms with van der Waals surface area (Å²) in [6.45, 7) is 7.78. The van der Waals surface area contributed by atoms with Crippen LogP contribution in [0.15, 0.2) is 6.07 Å². The van der Waals surface area contributed by atoms with Crippen molar-refractivity contribution in [3.63, 3.8) is 0 Å². The zero-order valence-electron chi connectivity index (χ0n) is 11.2. The van der Waals surface area contributed by atoms with E-state index in [-0.39, 0.29) is 12.4 Å². The highest BCUT2D eigenvalue weighted by atomic mass is 35.5. The summed E-state index contributed by atoms with van der Waals surface area (Å²) < 4.78 is 11.5. The van der Waals surface area contributed by atoms with Crippen LogP contribution >= 0.6 is 11.6 Å². The van der Waals surface area contributed by atoms with Gasteiger partial charge in [0.2, 0.25) is 0 Å². The van der Waals surface area contributed by atoms with E-state index in [2.05, 4.69) is 29.5 Å². The van der Waals surface area contributed by atoms with Gasteiger partial charge in [0.15, 0.2) is 5.69 Å². The molecule has 0 saturated heterocycles. The molecule has 7 heteroatoms. The number of aromatic nitrogens is 2. The van der Waals surface area contributed by atoms with Crippen molar-refractivity contribution < 1.29 is 14.3 Å². The Labute approximate surface area is 113 Å². The van der Waals surface area contributed by atoms with Crippen molar-refractivity contribution in [3.8, 4) is 0 Å². The molecule has 0 fully saturated rings. The average Bonchev–Trinajstić information content (AvgIpc) is 2.64. The Morgan fingerprint density at radius 3 is 2.72 bits per heavy atom. The third-order valence-electron chi connectivity index (χ3n) is 2.34. The van der Waals surface area contributed by atoms with Gasteiger partial charge >= 0.3 is 5.97 Å². The van der Waals surface area contributed by atoms with Gasteiger partial charge in [0, 0.05) is 20.7 Å². The van der Waals surface area contributed by atoms with Crippen LogP contribution in [0.4, 0.5) is 0 Å². The fourth-order valence-corrected chi connectivity index (χ4v) is 2.16. The lowest BCUT2D eigenvalue weighted by Crippen LogP contribution is -2.22. The molecule has 0 radical (unpaired) electrons. The number of carbonyl (C=O) groups is 1. The van der Waals surface area contributed by atoms with E-state index >= 15 is 0 Å². The van der Waals surface area contributed by atoms with E-state index in [9.17, 15) is 4.79 Å². The quantitative estimate of drug-likeness (QED) is 0.459. The van der Waals surface area contributed by atoms with Gasteiger partial charge in [0.1, 0.15) is 11.9 Å². The van der Waals surface area contributed by atoms with E-state index < -0.39 is 14.0 Å². The normalized spacial score (nSPS) is 11.6. The first-order valence-corrected chi connectivity index (χ1v) is 9.81. The van der Waals surface area contributed by atoms with Crippen LogP contribution in [0.25, 0.3) is 0 Å². The Kier molecular flexibility index (Phi) is 5.37. The topological polar surface area (TPSA) is 53.4 Å². The number of esters is 1. The second kappa shape index (κ2) is 6.35. The SMILES string of the molecule is COC(=O)c1cc(Cl)n(COCC[Si](C)(C)C)n1. The van der Waals surface area contributed by atoms with Crippen molar-refractivity contribution in [2.75, 3.05) is 13.7 Å². The molecular formula is C11H19ClN2O3Si. The number of hydrogen-bond donors (Lipinski definition) is 0. The van der Waals surface area contributed by atoms with Gasteiger partial charge in [0.25, 0.3) is 0 Å². The van der Waals surface area contributed by atoms with Crippen molar-refractivity contribution in [3.05, 3.63) is 16.9 Å². The highest BCUT2D eigenvalue weighted by molar-refractivity contribution is 6.76. The molecule has 1 aromatic heterocycles. The molecule has 0 aromatic carbocycles. The fourth-order valence-electron chi connectivity index (χ4n) is 1.22. The number of rotatable bonds is 6. The minimum absolute atomic E-state index is 0.191. The van der Waals surface area contributed by atoms with E-state index in [1.54, 1.807) is 0 Å². The van der Waals surface area contributed by atoms with Crippen molar-refractivity contribution in [2.24, 2.45) is 0 Å². The smallest absolute Gasteiger partial charge is 0.358 e. The van der Waals surface area contributed by atoms with Crippen molar-refractivity contribution in [1.29, 1.82) is 0 Å². The largest absolute Gasteiger partial charge is 0.464 e. The lowest BCUT2D eigenvalue weighted by atomic mass is 10.4. The molecule has 5 nitrogen and oxygen atoms in total. The van der Waals surface area contributed by atoms with Crippen LogP contribution in [-0.4, -0.2) is 37.5 Å². The molecule has 0 aliphatic rings. The first-order chi connectivity index (χ1) is 8.33. The Bertz CT molecular complexity index is 415. The highest BCUT2D eigenvalue weighted by Gasteiger charge is 2.14. The van der Waals surface area contributed by atoms with Crippen molar-refractivity contribution in [2.45, 2.75) is 32.4 Å². The van der Waals surface area contributed by atoms with Crippen LogP contribution in [0.5, 0.6) is 0 Å². The zero-order chi connectivity index (χ0) is 13.8. The first-order valence-electron chi connectivity index (χ1n) is 5.73. The van der Waals surface area contributed by atoms with Gasteiger partial charge in [-0.2, -0.15) is 5.10 Å². The summed E-state index contributed by atoms with van der Waals surface area (Å²) in [5.41, 5.74) is 0.191. The number of halogens is 1. The third kappa shape index (κ3) is 4.79. The maximum Gasteiger partial charge on any atom is 0.358 e. The van der Waals surface area contributed by atoms with Gasteiger partial charge in [-0.3, -0.25) is 0 Å². The Hall–Kier alpha value is -0.853. The van der Waals surface area contributed by atoms with Gasteiger partial charge in [-0.1, -0.05) is 31.2 Å². The molecule has 0 aliphatic carbocycles. The molecule has 0 atom stereocenters. The molecule has 18 heavy (non-hydrogen) atoms. The highest BCUT2D eigenvalue weighted by Crippen LogP contribution is 2.13. The summed E-state index contributed by atoms with van der Waals surface area (Å²) in [5, 5.41) is 4.38. The fraction of sp³-hybridized carbons (Fsp3) is 0.636. The predicted octanol–water partition coefficient (Wildman–Crippen LogP) is 2.64. The Balaban J connectivity index is 2.48. The molecule has 0 aliphatic heterocycles. The second-order valence-electron chi connectivity index (χ2n) is 5.19. The van der Waals surface area contributed by atoms with Crippen LogP contribution in [0.3, 0.4) is 0 Å². The molecule has 102 valence electrons. The van der Waals surface area contributed by atoms with E-state index in [1.807, 2.05) is 0 Å². The Morgan fingerprint density at radius 2 is 2.17 bits per heavy atom. The first kappa shape index (κ1) is 15.2. The van der Waals surface area contributed by atoms with Crippen molar-refractivity contribution in [1.82, 2.24) is 9.78 Å². The summed E-state index contributed by atoms with van der Waals surface area (Å²) in [4.78, 5) is 11.2. The molecule has 1 heterocycles. The number of hydrogen-bond acceptors (Lipinski definition) is 4. The van der Waals surface area contributed by atoms with E-state index in [0.717, 1.165) is 6.04 Å². The molecule has 0 N–H and O–H groups in total. The molecule has 0 spiro atoms. The number of carbonyl (C=O) groups excluding carboxylic acids is 1. The molecule has 1 rings (SSSR count). The van der Waals surface area contributed by atoms with Gasteiger partial charge in [-0.15, -0.1) is 0 Å². The van der Waals surface area contributed by atoms with E-state index in [4.69, 9.17) is 16.3 Å². The number of ether oxygens (including phenoxy) is 2. The van der Waals surface area contributed by atoms with Gasteiger partial charge in [-0.05, 0) is 6.04 Å². The standard InChI is InChI=1S/C11H19ClN2O3Si/c1-16-11(15)9-7-10(12)14(13-9)8-17-5-6-18(2,3)4/h7H,5-6,8H2,1-4H3. The third-order valence-corrected chi connectivity index (χ3v) is 4.34. The average molecular weight is 291 g/mol. The lowest BCUT2D eigenvalue weighted by Gasteiger charge is -2.15. The van der Waals surface area contributed by atoms with Gasteiger partial charge < -0.3 is 9.47 Å². The summed E-state index contributed by atoms with van der Waals surface area (Å²) in [5.74, 6) is -0.502. The predicted molar refractivity (Wildman–Crippen MR) is 72.7 cm³/mol. The zero-order valence-corrected chi connectivity index (χ0v) is 13.0. The maximum atomic E-state index is 11.2. The van der Waals surface area contributed by atoms with Crippen LogP contribution in [-0.2, 0) is 16.2 Å². The van der Waals surface area contributed by atoms with E-state index in [1.165, 1.54) is 17.9 Å². The summed E-state index contributed by atoms with van der Waals surface area (Å²) in [7, 11) is 0.216. The van der Waals surface area contributed by atoms with Crippen molar-refractivity contribution >= 4 is 25.6 Å². The molecule has 1 aromatic rings. The van der Waals surface area contributed by atoms with Gasteiger partial charge in [0.05, 0.1) is 7.11 Å². The van der Waals surface area contributed by atoms with Crippen LogP contribution in [0.2, 0.25) is 30.8 Å². The monoisotopic (exact) mass is 290 g/mol. The molecule has 0 bridgehead atoms. The van der Waals surface area contributed by atoms with Crippen LogP contribution < -0.4 is 0 Å². The minimum atomic E-state index is -1.09. The second-order valence-corrected chi connectivity index (χ2v) is 11.2. The van der Waals surface area contributed by atoms with Crippen LogP contribution in [0, 0.1) is 0 Å². The number of nitrogens with zero attached hydrogens (tertiary/aromatic N) is 2. The van der Waals surface area contributed by atoms with E-state index in [0.29, 0.717) is 11.8 Å². The molecule has 0 saturated carbocycles. The van der Waals surface area contributed by atoms with Crippen LogP contribution in [0.1, 0.15) is 10.5 Å². The molecular weight excluding hydrogens is 272 g/mol. The summed E-state index contributed by atoms with van der Waals surface area (Å²) in [6, 6.07) is 2.55. The summed E-state index contributed by atoms with van der Waals surface area (Å²) >= 11 is 5.94. The summed E-state index contributed by atoms with van der Waals surface area (Å²) in [6.07, 6.45) is 0. The molecule has 0 amide bonds. The molecule has 0 unspecified atom stereocenters. The Morgan fingerprint density at radius 1 is 1.50 bits per heavy atom. The minimum Gasteiger partial charge on any atom is -0.464 e.